The third-order valence-corrected chi connectivity index (χ3v) is 3.74. The van der Waals surface area contributed by atoms with Crippen LogP contribution in [0.25, 0.3) is 0 Å². The smallest absolute Gasteiger partial charge is 0.398 e. The van der Waals surface area contributed by atoms with Gasteiger partial charge in [0.2, 0.25) is 0 Å². The second-order valence-electron chi connectivity index (χ2n) is 4.70. The fourth-order valence-corrected chi connectivity index (χ4v) is 1.82. The Labute approximate surface area is 98.0 Å². The molecule has 0 bridgehead atoms. The molecule has 0 aliphatic carbocycles. The second kappa shape index (κ2) is 3.33. The molecule has 1 aliphatic rings. The maximum atomic E-state index is 5.87. The first kappa shape index (κ1) is 11.2. The van der Waals surface area contributed by atoms with E-state index >= 15 is 0 Å². The zero-order valence-corrected chi connectivity index (χ0v) is 10.9. The zero-order valence-electron chi connectivity index (χ0n) is 9.30. The van der Waals surface area contributed by atoms with E-state index in [0.29, 0.717) is 0 Å². The van der Waals surface area contributed by atoms with Crippen molar-refractivity contribution >= 4 is 28.6 Å². The molecule has 0 aromatic carbocycles. The van der Waals surface area contributed by atoms with Crippen LogP contribution in [-0.2, 0) is 9.31 Å². The van der Waals surface area contributed by atoms with Crippen molar-refractivity contribution in [3.05, 3.63) is 10.9 Å². The van der Waals surface area contributed by atoms with Crippen molar-refractivity contribution in [2.75, 3.05) is 0 Å². The highest BCUT2D eigenvalue weighted by Gasteiger charge is 2.52. The average molecular weight is 273 g/mol. The monoisotopic (exact) mass is 272 g/mol. The van der Waals surface area contributed by atoms with Gasteiger partial charge in [0.15, 0.2) is 0 Å². The van der Waals surface area contributed by atoms with E-state index < -0.39 is 0 Å². The Morgan fingerprint density at radius 2 is 1.80 bits per heavy atom. The Morgan fingerprint density at radius 3 is 2.20 bits per heavy atom. The number of hydrogen-bond acceptors (Lipinski definition) is 3. The minimum Gasteiger partial charge on any atom is -0.398 e. The summed E-state index contributed by atoms with van der Waals surface area (Å²) in [5.74, 6) is 0. The van der Waals surface area contributed by atoms with Crippen molar-refractivity contribution in [1.82, 2.24) is 9.97 Å². The Hall–Kier alpha value is -0.325. The fourth-order valence-electron chi connectivity index (χ4n) is 1.41. The van der Waals surface area contributed by atoms with Crippen LogP contribution in [0.5, 0.6) is 0 Å². The lowest BCUT2D eigenvalue weighted by Gasteiger charge is -2.32. The minimum atomic E-state index is -0.383. The highest BCUT2D eigenvalue weighted by atomic mass is 79.9. The third-order valence-electron chi connectivity index (χ3n) is 3.11. The lowest BCUT2D eigenvalue weighted by atomic mass is 9.86. The minimum absolute atomic E-state index is 0.317. The number of rotatable bonds is 1. The Kier molecular flexibility index (Phi) is 2.48. The number of aromatic nitrogens is 2. The van der Waals surface area contributed by atoms with Crippen molar-refractivity contribution in [2.24, 2.45) is 0 Å². The normalized spacial score (nSPS) is 23.4. The fraction of sp³-hybridized carbons (Fsp3) is 0.667. The van der Waals surface area contributed by atoms with Crippen LogP contribution in [0.3, 0.4) is 0 Å². The summed E-state index contributed by atoms with van der Waals surface area (Å²) >= 11 is 3.35. The molecule has 1 fully saturated rings. The van der Waals surface area contributed by atoms with E-state index in [-0.39, 0.29) is 18.3 Å². The summed E-state index contributed by atoms with van der Waals surface area (Å²) in [5.41, 5.74) is 0.193. The van der Waals surface area contributed by atoms with Gasteiger partial charge in [-0.05, 0) is 43.6 Å². The number of H-pyrrole nitrogens is 1. The quantitative estimate of drug-likeness (QED) is 0.788. The van der Waals surface area contributed by atoms with Crippen LogP contribution in [-0.4, -0.2) is 28.3 Å². The van der Waals surface area contributed by atoms with Crippen LogP contribution < -0.4 is 5.59 Å². The maximum absolute atomic E-state index is 5.87. The molecule has 1 aromatic heterocycles. The molecule has 1 aliphatic heterocycles. The van der Waals surface area contributed by atoms with E-state index in [2.05, 4.69) is 25.9 Å². The van der Waals surface area contributed by atoms with Gasteiger partial charge in [0.05, 0.1) is 23.1 Å². The van der Waals surface area contributed by atoms with Gasteiger partial charge in [-0.2, -0.15) is 0 Å². The lowest BCUT2D eigenvalue weighted by Crippen LogP contribution is -2.41. The first-order valence-electron chi connectivity index (χ1n) is 4.88. The Bertz CT molecular complexity index is 362. The van der Waals surface area contributed by atoms with Gasteiger partial charge < -0.3 is 14.3 Å². The van der Waals surface area contributed by atoms with Gasteiger partial charge in [0, 0.05) is 0 Å². The number of hydrogen-bond donors (Lipinski definition) is 1. The van der Waals surface area contributed by atoms with E-state index in [9.17, 15) is 0 Å². The summed E-state index contributed by atoms with van der Waals surface area (Å²) in [4.78, 5) is 7.07. The molecule has 1 N–H and O–H groups in total. The van der Waals surface area contributed by atoms with E-state index in [1.165, 1.54) is 0 Å². The van der Waals surface area contributed by atoms with Gasteiger partial charge in [-0.15, -0.1) is 0 Å². The number of nitrogens with one attached hydrogen (secondary N) is 1. The third kappa shape index (κ3) is 1.75. The molecule has 0 unspecified atom stereocenters. The number of nitrogens with zero attached hydrogens (tertiary/aromatic N) is 1. The van der Waals surface area contributed by atoms with Crippen LogP contribution in [0.15, 0.2) is 10.9 Å². The van der Waals surface area contributed by atoms with Gasteiger partial charge in [0.25, 0.3) is 0 Å². The standard InChI is InChI=1S/C9H14BBrN2O2/c1-8(2)9(3,4)15-10(14-8)6-7(11)13-5-12-6/h5H,1-4H3,(H,12,13). The molecule has 1 aromatic rings. The number of imidazole rings is 1. The van der Waals surface area contributed by atoms with Gasteiger partial charge in [-0.1, -0.05) is 0 Å². The summed E-state index contributed by atoms with van der Waals surface area (Å²) < 4.78 is 12.5. The van der Waals surface area contributed by atoms with Crippen LogP contribution in [0.4, 0.5) is 0 Å². The molecule has 6 heteroatoms. The molecule has 0 radical (unpaired) electrons. The van der Waals surface area contributed by atoms with Crippen LogP contribution in [0.1, 0.15) is 27.7 Å². The van der Waals surface area contributed by atoms with E-state index in [1.807, 2.05) is 27.7 Å². The molecule has 15 heavy (non-hydrogen) atoms. The van der Waals surface area contributed by atoms with Crippen LogP contribution in [0, 0.1) is 0 Å². The summed E-state index contributed by atoms with van der Waals surface area (Å²) in [7, 11) is -0.383. The van der Waals surface area contributed by atoms with E-state index in [0.717, 1.165) is 10.2 Å². The van der Waals surface area contributed by atoms with Crippen molar-refractivity contribution < 1.29 is 9.31 Å². The Balaban J connectivity index is 2.27. The van der Waals surface area contributed by atoms with Crippen molar-refractivity contribution in [2.45, 2.75) is 38.9 Å². The van der Waals surface area contributed by atoms with Crippen molar-refractivity contribution in [1.29, 1.82) is 0 Å². The first-order chi connectivity index (χ1) is 6.83. The maximum Gasteiger partial charge on any atom is 0.514 e. The molecule has 0 spiro atoms. The lowest BCUT2D eigenvalue weighted by molar-refractivity contribution is 0.00578. The molecule has 82 valence electrons. The highest BCUT2D eigenvalue weighted by molar-refractivity contribution is 9.10. The highest BCUT2D eigenvalue weighted by Crippen LogP contribution is 2.36. The van der Waals surface area contributed by atoms with Crippen molar-refractivity contribution in [3.8, 4) is 0 Å². The van der Waals surface area contributed by atoms with Gasteiger partial charge in [-0.3, -0.25) is 0 Å². The molecule has 1 saturated heterocycles. The molecule has 0 atom stereocenters. The van der Waals surface area contributed by atoms with Crippen LogP contribution >= 0.6 is 15.9 Å². The van der Waals surface area contributed by atoms with E-state index in [4.69, 9.17) is 9.31 Å². The molecule has 4 nitrogen and oxygen atoms in total. The number of halogens is 1. The second-order valence-corrected chi connectivity index (χ2v) is 5.45. The summed E-state index contributed by atoms with van der Waals surface area (Å²) in [5, 5.41) is 0. The summed E-state index contributed by atoms with van der Waals surface area (Å²) in [6.07, 6.45) is 1.62. The van der Waals surface area contributed by atoms with Gasteiger partial charge in [0.1, 0.15) is 4.60 Å². The summed E-state index contributed by atoms with van der Waals surface area (Å²) in [6.45, 7) is 8.10. The topological polar surface area (TPSA) is 47.1 Å². The Morgan fingerprint density at radius 1 is 1.27 bits per heavy atom. The summed E-state index contributed by atoms with van der Waals surface area (Å²) in [6, 6.07) is 0. The molecule has 2 heterocycles. The number of aromatic amines is 1. The zero-order chi connectivity index (χ0) is 11.3. The largest absolute Gasteiger partial charge is 0.514 e. The van der Waals surface area contributed by atoms with Gasteiger partial charge in [-0.25, -0.2) is 4.98 Å². The van der Waals surface area contributed by atoms with E-state index in [1.54, 1.807) is 6.33 Å². The first-order valence-corrected chi connectivity index (χ1v) is 5.67. The predicted octanol–water partition coefficient (Wildman–Crippen LogP) is 1.47. The van der Waals surface area contributed by atoms with Gasteiger partial charge >= 0.3 is 7.12 Å². The average Bonchev–Trinajstić information content (AvgIpc) is 2.55. The molecule has 0 saturated carbocycles. The molecular formula is C9H14BBrN2O2. The van der Waals surface area contributed by atoms with Crippen LogP contribution in [0.2, 0.25) is 0 Å². The molecule has 2 rings (SSSR count). The van der Waals surface area contributed by atoms with Crippen molar-refractivity contribution in [3.63, 3.8) is 0 Å². The predicted molar refractivity (Wildman–Crippen MR) is 62.0 cm³/mol. The molecule has 0 amide bonds. The molecular weight excluding hydrogens is 259 g/mol. The SMILES string of the molecule is CC1(C)OB(c2[nH]cnc2Br)OC1(C)C.